The van der Waals surface area contributed by atoms with Crippen LogP contribution in [0.2, 0.25) is 0 Å². The van der Waals surface area contributed by atoms with Gasteiger partial charge < -0.3 is 4.90 Å². The topological polar surface area (TPSA) is 20.3 Å². The van der Waals surface area contributed by atoms with Gasteiger partial charge in [-0.15, -0.1) is 0 Å². The molecule has 2 aromatic rings. The quantitative estimate of drug-likeness (QED) is 0.815. The maximum absolute atomic E-state index is 13.5. The average molecular weight is 354 g/mol. The van der Waals surface area contributed by atoms with E-state index in [-0.39, 0.29) is 17.9 Å². The number of carbonyl (C=O) groups excluding carboxylic acids is 1. The summed E-state index contributed by atoms with van der Waals surface area (Å²) in [6.07, 6.45) is -0.286. The summed E-state index contributed by atoms with van der Waals surface area (Å²) in [5.41, 5.74) is 0.758. The molecular formula is C16H14BrF2NO. The standard InChI is InChI=1S/C16H14BrF2NO/c1-20(10-11-5-7-12(17)8-6-11)16(21)9-13-14(18)3-2-4-15(13)19/h2-8H,9-10H2,1H3. The van der Waals surface area contributed by atoms with Crippen LogP contribution in [0.5, 0.6) is 0 Å². The minimum absolute atomic E-state index is 0.190. The number of nitrogens with zero attached hydrogens (tertiary/aromatic N) is 1. The fourth-order valence-electron chi connectivity index (χ4n) is 1.94. The number of amides is 1. The summed E-state index contributed by atoms with van der Waals surface area (Å²) in [6, 6.07) is 11.1. The summed E-state index contributed by atoms with van der Waals surface area (Å²) in [6.45, 7) is 0.391. The highest BCUT2D eigenvalue weighted by molar-refractivity contribution is 9.10. The monoisotopic (exact) mass is 353 g/mol. The van der Waals surface area contributed by atoms with Crippen LogP contribution in [0.15, 0.2) is 46.9 Å². The van der Waals surface area contributed by atoms with Crippen LogP contribution in [-0.4, -0.2) is 17.9 Å². The second kappa shape index (κ2) is 6.80. The summed E-state index contributed by atoms with van der Waals surface area (Å²) >= 11 is 3.34. The lowest BCUT2D eigenvalue weighted by Crippen LogP contribution is -2.28. The zero-order valence-electron chi connectivity index (χ0n) is 11.4. The van der Waals surface area contributed by atoms with Crippen LogP contribution < -0.4 is 0 Å². The molecule has 0 aliphatic carbocycles. The van der Waals surface area contributed by atoms with Crippen molar-refractivity contribution in [2.24, 2.45) is 0 Å². The molecule has 0 heterocycles. The van der Waals surface area contributed by atoms with Crippen LogP contribution >= 0.6 is 15.9 Å². The molecule has 0 N–H and O–H groups in total. The van der Waals surface area contributed by atoms with Gasteiger partial charge >= 0.3 is 0 Å². The van der Waals surface area contributed by atoms with E-state index in [9.17, 15) is 13.6 Å². The third-order valence-electron chi connectivity index (χ3n) is 3.15. The minimum Gasteiger partial charge on any atom is -0.341 e. The molecule has 5 heteroatoms. The Morgan fingerprint density at radius 3 is 2.24 bits per heavy atom. The highest BCUT2D eigenvalue weighted by Crippen LogP contribution is 2.15. The number of hydrogen-bond acceptors (Lipinski definition) is 1. The first-order valence-electron chi connectivity index (χ1n) is 6.38. The Bertz CT molecular complexity index is 623. The molecule has 0 atom stereocenters. The van der Waals surface area contributed by atoms with E-state index in [2.05, 4.69) is 15.9 Å². The van der Waals surface area contributed by atoms with Crippen molar-refractivity contribution >= 4 is 21.8 Å². The maximum atomic E-state index is 13.5. The van der Waals surface area contributed by atoms with Gasteiger partial charge in [-0.25, -0.2) is 8.78 Å². The van der Waals surface area contributed by atoms with Gasteiger partial charge in [-0.2, -0.15) is 0 Å². The third-order valence-corrected chi connectivity index (χ3v) is 3.68. The molecule has 0 saturated heterocycles. The smallest absolute Gasteiger partial charge is 0.227 e. The predicted octanol–water partition coefficient (Wildman–Crippen LogP) is 3.93. The normalized spacial score (nSPS) is 10.5. The number of likely N-dealkylation sites (N-methyl/N-ethyl adjacent to an activating group) is 1. The van der Waals surface area contributed by atoms with Gasteiger partial charge in [-0.1, -0.05) is 34.1 Å². The lowest BCUT2D eigenvalue weighted by molar-refractivity contribution is -0.129. The second-order valence-corrected chi connectivity index (χ2v) is 5.67. The van der Waals surface area contributed by atoms with E-state index in [0.717, 1.165) is 22.2 Å². The predicted molar refractivity (Wildman–Crippen MR) is 80.7 cm³/mol. The molecule has 0 aliphatic rings. The molecule has 0 aromatic heterocycles. The number of benzene rings is 2. The summed E-state index contributed by atoms with van der Waals surface area (Å²) < 4.78 is 28.0. The third kappa shape index (κ3) is 4.11. The Kier molecular flexibility index (Phi) is 5.07. The highest BCUT2D eigenvalue weighted by Gasteiger charge is 2.16. The molecule has 2 aromatic carbocycles. The molecular weight excluding hydrogens is 340 g/mol. The molecule has 110 valence electrons. The van der Waals surface area contributed by atoms with Gasteiger partial charge in [0.2, 0.25) is 5.91 Å². The van der Waals surface area contributed by atoms with Gasteiger partial charge in [0.15, 0.2) is 0 Å². The molecule has 1 amide bonds. The van der Waals surface area contributed by atoms with Crippen molar-refractivity contribution < 1.29 is 13.6 Å². The maximum Gasteiger partial charge on any atom is 0.227 e. The Morgan fingerprint density at radius 1 is 1.10 bits per heavy atom. The van der Waals surface area contributed by atoms with Gasteiger partial charge in [0, 0.05) is 23.6 Å². The van der Waals surface area contributed by atoms with Gasteiger partial charge in [0.25, 0.3) is 0 Å². The lowest BCUT2D eigenvalue weighted by atomic mass is 10.1. The molecule has 0 radical (unpaired) electrons. The zero-order valence-corrected chi connectivity index (χ0v) is 13.0. The van der Waals surface area contributed by atoms with E-state index in [1.165, 1.54) is 11.0 Å². The van der Waals surface area contributed by atoms with Crippen molar-refractivity contribution in [2.45, 2.75) is 13.0 Å². The van der Waals surface area contributed by atoms with Gasteiger partial charge in [0.05, 0.1) is 6.42 Å². The van der Waals surface area contributed by atoms with Crippen LogP contribution in [-0.2, 0) is 17.8 Å². The van der Waals surface area contributed by atoms with Crippen LogP contribution in [0.25, 0.3) is 0 Å². The summed E-state index contributed by atoms with van der Waals surface area (Å²) in [4.78, 5) is 13.5. The molecule has 0 spiro atoms. The highest BCUT2D eigenvalue weighted by atomic mass is 79.9. The number of hydrogen-bond donors (Lipinski definition) is 0. The molecule has 0 bridgehead atoms. The van der Waals surface area contributed by atoms with E-state index >= 15 is 0 Å². The summed E-state index contributed by atoms with van der Waals surface area (Å²) in [5, 5.41) is 0. The van der Waals surface area contributed by atoms with Crippen molar-refractivity contribution in [3.05, 3.63) is 69.7 Å². The van der Waals surface area contributed by atoms with Crippen molar-refractivity contribution in [1.82, 2.24) is 4.90 Å². The Labute approximate surface area is 130 Å². The van der Waals surface area contributed by atoms with E-state index < -0.39 is 11.6 Å². The molecule has 2 rings (SSSR count). The van der Waals surface area contributed by atoms with Crippen LogP contribution in [0.3, 0.4) is 0 Å². The van der Waals surface area contributed by atoms with E-state index in [1.54, 1.807) is 7.05 Å². The van der Waals surface area contributed by atoms with Crippen molar-refractivity contribution in [1.29, 1.82) is 0 Å². The van der Waals surface area contributed by atoms with Gasteiger partial charge in [0.1, 0.15) is 11.6 Å². The average Bonchev–Trinajstić information content (AvgIpc) is 2.45. The van der Waals surface area contributed by atoms with Crippen molar-refractivity contribution in [3.8, 4) is 0 Å². The second-order valence-electron chi connectivity index (χ2n) is 4.75. The first-order valence-corrected chi connectivity index (χ1v) is 7.18. The van der Waals surface area contributed by atoms with Crippen LogP contribution in [0.1, 0.15) is 11.1 Å². The molecule has 2 nitrogen and oxygen atoms in total. The fourth-order valence-corrected chi connectivity index (χ4v) is 2.20. The van der Waals surface area contributed by atoms with Gasteiger partial charge in [-0.05, 0) is 29.8 Å². The summed E-state index contributed by atoms with van der Waals surface area (Å²) in [5.74, 6) is -1.72. The Morgan fingerprint density at radius 2 is 1.67 bits per heavy atom. The zero-order chi connectivity index (χ0) is 15.4. The largest absolute Gasteiger partial charge is 0.341 e. The lowest BCUT2D eigenvalue weighted by Gasteiger charge is -2.17. The first kappa shape index (κ1) is 15.6. The van der Waals surface area contributed by atoms with Crippen molar-refractivity contribution in [3.63, 3.8) is 0 Å². The Balaban J connectivity index is 2.04. The molecule has 21 heavy (non-hydrogen) atoms. The van der Waals surface area contributed by atoms with Crippen molar-refractivity contribution in [2.75, 3.05) is 7.05 Å². The molecule has 0 fully saturated rings. The van der Waals surface area contributed by atoms with Crippen LogP contribution in [0, 0.1) is 11.6 Å². The summed E-state index contributed by atoms with van der Waals surface area (Å²) in [7, 11) is 1.61. The van der Waals surface area contributed by atoms with E-state index in [1.807, 2.05) is 24.3 Å². The first-order chi connectivity index (χ1) is 9.97. The van der Waals surface area contributed by atoms with E-state index in [4.69, 9.17) is 0 Å². The van der Waals surface area contributed by atoms with E-state index in [0.29, 0.717) is 6.54 Å². The minimum atomic E-state index is -0.694. The number of carbonyl (C=O) groups is 1. The number of rotatable bonds is 4. The SMILES string of the molecule is CN(Cc1ccc(Br)cc1)C(=O)Cc1c(F)cccc1F. The molecule has 0 aliphatic heterocycles. The fraction of sp³-hybridized carbons (Fsp3) is 0.188. The molecule has 0 unspecified atom stereocenters. The van der Waals surface area contributed by atoms with Gasteiger partial charge in [-0.3, -0.25) is 4.79 Å². The van der Waals surface area contributed by atoms with Crippen LogP contribution in [0.4, 0.5) is 8.78 Å². The number of halogens is 3. The molecule has 0 saturated carbocycles. The Hall–Kier alpha value is -1.75.